The van der Waals surface area contributed by atoms with Crippen LogP contribution in [0.15, 0.2) is 24.4 Å². The van der Waals surface area contributed by atoms with E-state index >= 15 is 0 Å². The molecule has 2 rings (SSSR count). The van der Waals surface area contributed by atoms with E-state index in [2.05, 4.69) is 9.71 Å². The Bertz CT molecular complexity index is 559. The van der Waals surface area contributed by atoms with Crippen LogP contribution in [0.25, 0.3) is 0 Å². The molecule has 1 saturated heterocycles. The Labute approximate surface area is 119 Å². The Balaban J connectivity index is 2.09. The normalized spacial score (nSPS) is 19.9. The Morgan fingerprint density at radius 3 is 2.90 bits per heavy atom. The minimum absolute atomic E-state index is 0.104. The molecule has 7 heteroatoms. The van der Waals surface area contributed by atoms with Gasteiger partial charge in [0, 0.05) is 25.3 Å². The van der Waals surface area contributed by atoms with Crippen LogP contribution in [0.1, 0.15) is 29.8 Å². The van der Waals surface area contributed by atoms with Gasteiger partial charge in [-0.25, -0.2) is 13.1 Å². The monoisotopic (exact) mass is 297 g/mol. The number of hydrogen-bond acceptors (Lipinski definition) is 4. The molecule has 0 saturated carbocycles. The summed E-state index contributed by atoms with van der Waals surface area (Å²) in [6, 6.07) is 5.11. The van der Waals surface area contributed by atoms with Gasteiger partial charge in [0.2, 0.25) is 10.0 Å². The molecule has 0 aliphatic carbocycles. The first-order chi connectivity index (χ1) is 9.47. The number of likely N-dealkylation sites (tertiary alicyclic amines) is 1. The van der Waals surface area contributed by atoms with E-state index in [-0.39, 0.29) is 18.5 Å². The molecule has 1 aliphatic rings. The minimum atomic E-state index is -3.24. The van der Waals surface area contributed by atoms with Crippen molar-refractivity contribution in [2.45, 2.75) is 25.3 Å². The lowest BCUT2D eigenvalue weighted by atomic mass is 10.0. The van der Waals surface area contributed by atoms with Gasteiger partial charge in [-0.2, -0.15) is 0 Å². The first kappa shape index (κ1) is 14.9. The van der Waals surface area contributed by atoms with Crippen molar-refractivity contribution in [1.82, 2.24) is 14.6 Å². The molecule has 0 spiro atoms. The maximum Gasteiger partial charge on any atom is 0.272 e. The number of nitrogens with one attached hydrogen (secondary N) is 1. The zero-order valence-corrected chi connectivity index (χ0v) is 12.3. The quantitative estimate of drug-likeness (QED) is 0.884. The van der Waals surface area contributed by atoms with Crippen molar-refractivity contribution >= 4 is 15.9 Å². The smallest absolute Gasteiger partial charge is 0.272 e. The molecule has 0 aromatic carbocycles. The standard InChI is InChI=1S/C13H19N3O3S/c1-20(18,19)15-10-11-6-3-5-9-16(11)13(17)12-7-2-4-8-14-12/h2,4,7-8,11,15H,3,5-6,9-10H2,1H3. The molecule has 1 amide bonds. The van der Waals surface area contributed by atoms with Gasteiger partial charge in [-0.15, -0.1) is 0 Å². The molecule has 1 aromatic rings. The fraction of sp³-hybridized carbons (Fsp3) is 0.538. The van der Waals surface area contributed by atoms with Gasteiger partial charge < -0.3 is 4.90 Å². The van der Waals surface area contributed by atoms with Gasteiger partial charge in [-0.1, -0.05) is 6.07 Å². The number of piperidine rings is 1. The number of rotatable bonds is 4. The number of pyridine rings is 1. The van der Waals surface area contributed by atoms with Crippen molar-refractivity contribution in [2.75, 3.05) is 19.3 Å². The molecule has 2 heterocycles. The third-order valence-electron chi connectivity index (χ3n) is 3.35. The van der Waals surface area contributed by atoms with Gasteiger partial charge in [0.25, 0.3) is 5.91 Å². The van der Waals surface area contributed by atoms with Gasteiger partial charge in [0.05, 0.1) is 6.26 Å². The molecule has 1 aliphatic heterocycles. The highest BCUT2D eigenvalue weighted by molar-refractivity contribution is 7.88. The maximum absolute atomic E-state index is 12.4. The van der Waals surface area contributed by atoms with Crippen LogP contribution in [0.2, 0.25) is 0 Å². The van der Waals surface area contributed by atoms with Crippen LogP contribution < -0.4 is 4.72 Å². The molecule has 0 bridgehead atoms. The molecule has 1 unspecified atom stereocenters. The Morgan fingerprint density at radius 2 is 2.25 bits per heavy atom. The van der Waals surface area contributed by atoms with Crippen LogP contribution in [-0.2, 0) is 10.0 Å². The van der Waals surface area contributed by atoms with Crippen LogP contribution in [-0.4, -0.2) is 49.6 Å². The summed E-state index contributed by atoms with van der Waals surface area (Å²) in [4.78, 5) is 18.2. The zero-order valence-electron chi connectivity index (χ0n) is 11.4. The largest absolute Gasteiger partial charge is 0.333 e. The van der Waals surface area contributed by atoms with Gasteiger partial charge in [0.1, 0.15) is 5.69 Å². The molecule has 0 radical (unpaired) electrons. The number of nitrogens with zero attached hydrogens (tertiary/aromatic N) is 2. The van der Waals surface area contributed by atoms with Crippen molar-refractivity contribution in [2.24, 2.45) is 0 Å². The fourth-order valence-corrected chi connectivity index (χ4v) is 2.86. The fourth-order valence-electron chi connectivity index (χ4n) is 2.36. The van der Waals surface area contributed by atoms with Gasteiger partial charge in [0.15, 0.2) is 0 Å². The molecular weight excluding hydrogens is 278 g/mol. The van der Waals surface area contributed by atoms with Crippen LogP contribution in [0.3, 0.4) is 0 Å². The topological polar surface area (TPSA) is 79.4 Å². The molecule has 1 aromatic heterocycles. The zero-order chi connectivity index (χ0) is 14.6. The van der Waals surface area contributed by atoms with Crippen molar-refractivity contribution in [1.29, 1.82) is 0 Å². The summed E-state index contributed by atoms with van der Waals surface area (Å²) in [5, 5.41) is 0. The average molecular weight is 297 g/mol. The summed E-state index contributed by atoms with van der Waals surface area (Å²) in [6.45, 7) is 0.906. The number of carbonyl (C=O) groups excluding carboxylic acids is 1. The van der Waals surface area contributed by atoms with Crippen LogP contribution >= 0.6 is 0 Å². The van der Waals surface area contributed by atoms with Gasteiger partial charge in [-0.05, 0) is 31.4 Å². The molecule has 20 heavy (non-hydrogen) atoms. The summed E-state index contributed by atoms with van der Waals surface area (Å²) in [5.74, 6) is -0.134. The lowest BCUT2D eigenvalue weighted by Crippen LogP contribution is -2.49. The predicted molar refractivity (Wildman–Crippen MR) is 75.8 cm³/mol. The van der Waals surface area contributed by atoms with Crippen LogP contribution in [0.5, 0.6) is 0 Å². The van der Waals surface area contributed by atoms with E-state index in [9.17, 15) is 13.2 Å². The molecule has 1 fully saturated rings. The first-order valence-electron chi connectivity index (χ1n) is 6.64. The van der Waals surface area contributed by atoms with Crippen LogP contribution in [0.4, 0.5) is 0 Å². The van der Waals surface area contributed by atoms with E-state index in [1.165, 1.54) is 0 Å². The summed E-state index contributed by atoms with van der Waals surface area (Å²) >= 11 is 0. The van der Waals surface area contributed by atoms with Gasteiger partial charge >= 0.3 is 0 Å². The van der Waals surface area contributed by atoms with Crippen LogP contribution in [0, 0.1) is 0 Å². The number of amides is 1. The lowest BCUT2D eigenvalue weighted by Gasteiger charge is -2.35. The Morgan fingerprint density at radius 1 is 1.45 bits per heavy atom. The SMILES string of the molecule is CS(=O)(=O)NCC1CCCCN1C(=O)c1ccccn1. The van der Waals surface area contributed by atoms with E-state index in [4.69, 9.17) is 0 Å². The molecule has 6 nitrogen and oxygen atoms in total. The number of hydrogen-bond donors (Lipinski definition) is 1. The van der Waals surface area contributed by atoms with E-state index in [0.29, 0.717) is 12.2 Å². The summed E-state index contributed by atoms with van der Waals surface area (Å²) in [5.41, 5.74) is 0.402. The van der Waals surface area contributed by atoms with Crippen molar-refractivity contribution in [3.63, 3.8) is 0 Å². The second kappa shape index (κ2) is 6.32. The third-order valence-corrected chi connectivity index (χ3v) is 4.04. The third kappa shape index (κ3) is 4.01. The van der Waals surface area contributed by atoms with E-state index in [0.717, 1.165) is 25.5 Å². The van der Waals surface area contributed by atoms with E-state index in [1.54, 1.807) is 29.3 Å². The van der Waals surface area contributed by atoms with Crippen molar-refractivity contribution in [3.05, 3.63) is 30.1 Å². The second-order valence-electron chi connectivity index (χ2n) is 4.98. The average Bonchev–Trinajstić information content (AvgIpc) is 2.45. The lowest BCUT2D eigenvalue weighted by molar-refractivity contribution is 0.0612. The Kier molecular flexibility index (Phi) is 4.72. The summed E-state index contributed by atoms with van der Waals surface area (Å²) in [7, 11) is -3.24. The number of sulfonamides is 1. The van der Waals surface area contributed by atoms with Crippen molar-refractivity contribution in [3.8, 4) is 0 Å². The summed E-state index contributed by atoms with van der Waals surface area (Å²) < 4.78 is 24.9. The Hall–Kier alpha value is -1.47. The predicted octanol–water partition coefficient (Wildman–Crippen LogP) is 0.625. The molecule has 110 valence electrons. The first-order valence-corrected chi connectivity index (χ1v) is 8.53. The van der Waals surface area contributed by atoms with Crippen molar-refractivity contribution < 1.29 is 13.2 Å². The highest BCUT2D eigenvalue weighted by Crippen LogP contribution is 2.18. The van der Waals surface area contributed by atoms with E-state index < -0.39 is 10.0 Å². The number of aromatic nitrogens is 1. The minimum Gasteiger partial charge on any atom is -0.333 e. The number of carbonyl (C=O) groups is 1. The molecule has 1 atom stereocenters. The molecule has 1 N–H and O–H groups in total. The second-order valence-corrected chi connectivity index (χ2v) is 6.82. The maximum atomic E-state index is 12.4. The highest BCUT2D eigenvalue weighted by atomic mass is 32.2. The molecular formula is C13H19N3O3S. The van der Waals surface area contributed by atoms with Gasteiger partial charge in [-0.3, -0.25) is 9.78 Å². The summed E-state index contributed by atoms with van der Waals surface area (Å²) in [6.07, 6.45) is 5.46. The highest BCUT2D eigenvalue weighted by Gasteiger charge is 2.28. The van der Waals surface area contributed by atoms with E-state index in [1.807, 2.05) is 0 Å².